The van der Waals surface area contributed by atoms with Crippen LogP contribution in [0.25, 0.3) is 0 Å². The smallest absolute Gasteiger partial charge is 0.304 e. The molecule has 0 radical (unpaired) electrons. The lowest BCUT2D eigenvalue weighted by Crippen LogP contribution is -2.51. The van der Waals surface area contributed by atoms with Crippen molar-refractivity contribution in [2.75, 3.05) is 24.6 Å². The van der Waals surface area contributed by atoms with Gasteiger partial charge in [0.25, 0.3) is 5.91 Å². The van der Waals surface area contributed by atoms with Crippen molar-refractivity contribution in [2.24, 2.45) is 27.5 Å². The molecule has 3 aliphatic rings. The topological polar surface area (TPSA) is 92.8 Å². The van der Waals surface area contributed by atoms with Crippen molar-refractivity contribution >= 4 is 21.6 Å². The van der Waals surface area contributed by atoms with E-state index < -0.39 is 49.8 Å². The Kier molecular flexibility index (Phi) is 6.34. The third-order valence-corrected chi connectivity index (χ3v) is 9.58. The Bertz CT molecular complexity index is 946. The Hall–Kier alpha value is -1.84. The molecule has 32 heavy (non-hydrogen) atoms. The molecule has 1 amide bonds. The summed E-state index contributed by atoms with van der Waals surface area (Å²) in [5.41, 5.74) is 2.24. The molecule has 1 heterocycles. The van der Waals surface area contributed by atoms with Gasteiger partial charge in [-0.05, 0) is 43.9 Å². The molecule has 2 bridgehead atoms. The van der Waals surface area contributed by atoms with Crippen LogP contribution in [0.4, 0.5) is 13.2 Å². The lowest BCUT2D eigenvalue weighted by molar-refractivity contribution is -0.131. The maximum Gasteiger partial charge on any atom is 0.304 e. The normalized spacial score (nSPS) is 30.9. The van der Waals surface area contributed by atoms with Crippen LogP contribution in [0.2, 0.25) is 0 Å². The number of nitrogens with two attached hydrogens (primary N) is 1. The Morgan fingerprint density at radius 2 is 1.78 bits per heavy atom. The molecule has 2 aliphatic carbocycles. The van der Waals surface area contributed by atoms with Gasteiger partial charge in [0.15, 0.2) is 16.0 Å². The van der Waals surface area contributed by atoms with Gasteiger partial charge in [0.2, 0.25) is 0 Å². The summed E-state index contributed by atoms with van der Waals surface area (Å²) in [4.78, 5) is 18.0. The molecule has 0 aromatic rings. The van der Waals surface area contributed by atoms with Crippen molar-refractivity contribution in [3.63, 3.8) is 0 Å². The van der Waals surface area contributed by atoms with Gasteiger partial charge in [-0.3, -0.25) is 4.79 Å². The molecule has 1 aliphatic heterocycles. The summed E-state index contributed by atoms with van der Waals surface area (Å²) in [6, 6.07) is 0. The van der Waals surface area contributed by atoms with E-state index in [2.05, 4.69) is 11.6 Å². The summed E-state index contributed by atoms with van der Waals surface area (Å²) in [6.07, 6.45) is 0.522. The molecule has 1 unspecified atom stereocenters. The van der Waals surface area contributed by atoms with Gasteiger partial charge in [0.05, 0.1) is 22.9 Å². The average Bonchev–Trinajstić information content (AvgIpc) is 3.12. The molecule has 2 saturated carbocycles. The number of carbonyl (C=O) groups excluding carboxylic acids is 1. The van der Waals surface area contributed by atoms with Crippen molar-refractivity contribution in [2.45, 2.75) is 58.5 Å². The zero-order valence-corrected chi connectivity index (χ0v) is 19.7. The first kappa shape index (κ1) is 24.8. The van der Waals surface area contributed by atoms with Crippen LogP contribution >= 0.6 is 0 Å². The summed E-state index contributed by atoms with van der Waals surface area (Å²) in [6.45, 7) is 8.27. The van der Waals surface area contributed by atoms with Crippen molar-refractivity contribution in [1.82, 2.24) is 4.90 Å². The summed E-state index contributed by atoms with van der Waals surface area (Å²) < 4.78 is 70.4. The minimum absolute atomic E-state index is 0.0265. The van der Waals surface area contributed by atoms with Gasteiger partial charge in [0, 0.05) is 30.3 Å². The molecule has 1 saturated heterocycles. The van der Waals surface area contributed by atoms with Crippen LogP contribution < -0.4 is 5.73 Å². The van der Waals surface area contributed by atoms with E-state index in [4.69, 9.17) is 5.73 Å². The van der Waals surface area contributed by atoms with Gasteiger partial charge in [-0.1, -0.05) is 20.4 Å². The number of hydrogen-bond acceptors (Lipinski definition) is 4. The van der Waals surface area contributed by atoms with Gasteiger partial charge in [-0.15, -0.1) is 0 Å². The first-order valence-corrected chi connectivity index (χ1v) is 12.7. The Labute approximate surface area is 187 Å². The van der Waals surface area contributed by atoms with Crippen LogP contribution in [0.15, 0.2) is 28.9 Å². The molecule has 0 aromatic carbocycles. The fourth-order valence-electron chi connectivity index (χ4n) is 5.68. The maximum absolute atomic E-state index is 15.8. The number of carbonyl (C=O) groups is 1. The molecule has 3 fully saturated rings. The van der Waals surface area contributed by atoms with E-state index in [1.54, 1.807) is 0 Å². The van der Waals surface area contributed by atoms with E-state index in [0.29, 0.717) is 25.7 Å². The van der Waals surface area contributed by atoms with Crippen LogP contribution in [-0.2, 0) is 14.6 Å². The van der Waals surface area contributed by atoms with Crippen LogP contribution in [0.5, 0.6) is 0 Å². The summed E-state index contributed by atoms with van der Waals surface area (Å²) in [7, 11) is -3.29. The SMILES string of the molecule is C=C(/C(=C\N=C(C)N)C(=O)N1CCS(=O)(=O)CC1)C(F)(F)C(F)C12CCC(CC1)C2(C)C. The molecular formula is C22H32F3N3O3S. The average molecular weight is 476 g/mol. The van der Waals surface area contributed by atoms with Gasteiger partial charge in [-0.25, -0.2) is 17.8 Å². The first-order valence-electron chi connectivity index (χ1n) is 10.9. The van der Waals surface area contributed by atoms with Gasteiger partial charge in [0.1, 0.15) is 0 Å². The second-order valence-electron chi connectivity index (χ2n) is 9.87. The molecule has 0 spiro atoms. The van der Waals surface area contributed by atoms with Gasteiger partial charge >= 0.3 is 5.92 Å². The molecular weight excluding hydrogens is 443 g/mol. The molecule has 180 valence electrons. The second-order valence-corrected chi connectivity index (χ2v) is 12.2. The van der Waals surface area contributed by atoms with Crippen molar-refractivity contribution < 1.29 is 26.4 Å². The minimum atomic E-state index is -4.00. The van der Waals surface area contributed by atoms with Crippen LogP contribution in [0, 0.1) is 16.7 Å². The highest BCUT2D eigenvalue weighted by Crippen LogP contribution is 2.69. The summed E-state index contributed by atoms with van der Waals surface area (Å²) in [5.74, 6) is -5.16. The maximum atomic E-state index is 15.8. The first-order chi connectivity index (χ1) is 14.7. The fourth-order valence-corrected chi connectivity index (χ4v) is 6.88. The van der Waals surface area contributed by atoms with Gasteiger partial charge < -0.3 is 10.6 Å². The number of halogens is 3. The lowest BCUT2D eigenvalue weighted by Gasteiger charge is -2.44. The van der Waals surface area contributed by atoms with Crippen molar-refractivity contribution in [3.05, 3.63) is 23.9 Å². The zero-order chi connectivity index (χ0) is 24.1. The van der Waals surface area contributed by atoms with E-state index in [1.807, 2.05) is 13.8 Å². The number of amides is 1. The third-order valence-electron chi connectivity index (χ3n) is 7.97. The number of fused-ring (bicyclic) bond motifs is 2. The van der Waals surface area contributed by atoms with E-state index >= 15 is 13.2 Å². The highest BCUT2D eigenvalue weighted by Gasteiger charge is 2.68. The number of nitrogens with zero attached hydrogens (tertiary/aromatic N) is 2. The van der Waals surface area contributed by atoms with E-state index in [1.165, 1.54) is 6.92 Å². The number of rotatable bonds is 6. The third kappa shape index (κ3) is 3.99. The monoisotopic (exact) mass is 475 g/mol. The van der Waals surface area contributed by atoms with Crippen molar-refractivity contribution in [3.8, 4) is 0 Å². The standard InChI is InChI=1S/C22H32F3N3O3S/c1-14(22(24,25)19(23)21-7-5-16(6-8-21)20(21,3)4)17(13-27-15(2)26)18(29)28-9-11-32(30,31)12-10-28/h13,16,19H,1,5-12H2,2-4H3,(H2,26,27)/b17-13+. The molecule has 0 aromatic heterocycles. The highest BCUT2D eigenvalue weighted by molar-refractivity contribution is 7.91. The zero-order valence-electron chi connectivity index (χ0n) is 18.8. The number of sulfone groups is 1. The van der Waals surface area contributed by atoms with Crippen molar-refractivity contribution in [1.29, 1.82) is 0 Å². The van der Waals surface area contributed by atoms with Crippen LogP contribution in [-0.4, -0.2) is 61.7 Å². The molecule has 3 rings (SSSR count). The number of hydrogen-bond donors (Lipinski definition) is 1. The second kappa shape index (κ2) is 8.18. The number of alkyl halides is 3. The molecule has 6 nitrogen and oxygen atoms in total. The predicted molar refractivity (Wildman–Crippen MR) is 118 cm³/mol. The fraction of sp³-hybridized carbons (Fsp3) is 0.727. The number of amidine groups is 1. The largest absolute Gasteiger partial charge is 0.387 e. The Morgan fingerprint density at radius 1 is 1.25 bits per heavy atom. The van der Waals surface area contributed by atoms with Crippen LogP contribution in [0.1, 0.15) is 46.5 Å². The Morgan fingerprint density at radius 3 is 2.22 bits per heavy atom. The lowest BCUT2D eigenvalue weighted by atomic mass is 9.64. The predicted octanol–water partition coefficient (Wildman–Crippen LogP) is 3.25. The molecule has 2 N–H and O–H groups in total. The minimum Gasteiger partial charge on any atom is -0.387 e. The quantitative estimate of drug-likeness (QED) is 0.276. The molecule has 1 atom stereocenters. The van der Waals surface area contributed by atoms with E-state index in [9.17, 15) is 13.2 Å². The number of aliphatic imine (C=N–C) groups is 1. The highest BCUT2D eigenvalue weighted by atomic mass is 32.2. The summed E-state index contributed by atoms with van der Waals surface area (Å²) >= 11 is 0. The van der Waals surface area contributed by atoms with E-state index in [0.717, 1.165) is 11.1 Å². The Balaban J connectivity index is 1.93. The van der Waals surface area contributed by atoms with Gasteiger partial charge in [-0.2, -0.15) is 8.78 Å². The summed E-state index contributed by atoms with van der Waals surface area (Å²) in [5, 5.41) is 0. The molecule has 10 heteroatoms. The van der Waals surface area contributed by atoms with E-state index in [-0.39, 0.29) is 36.3 Å². The van der Waals surface area contributed by atoms with Crippen LogP contribution in [0.3, 0.4) is 0 Å².